The van der Waals surface area contributed by atoms with Crippen LogP contribution in [0.4, 0.5) is 10.1 Å². The van der Waals surface area contributed by atoms with E-state index in [-0.39, 0.29) is 17.8 Å². The van der Waals surface area contributed by atoms with Crippen LogP contribution in [0.2, 0.25) is 0 Å². The second kappa shape index (κ2) is 7.20. The van der Waals surface area contributed by atoms with Gasteiger partial charge in [0.2, 0.25) is 5.91 Å². The number of carbonyl (C=O) groups is 1. The van der Waals surface area contributed by atoms with Gasteiger partial charge in [0.05, 0.1) is 11.6 Å². The van der Waals surface area contributed by atoms with Crippen LogP contribution in [-0.4, -0.2) is 41.1 Å². The molecule has 1 aromatic carbocycles. The highest BCUT2D eigenvalue weighted by molar-refractivity contribution is 5.94. The van der Waals surface area contributed by atoms with E-state index in [0.717, 1.165) is 25.7 Å². The molecule has 0 saturated heterocycles. The van der Waals surface area contributed by atoms with Gasteiger partial charge in [0.15, 0.2) is 0 Å². The first kappa shape index (κ1) is 16.9. The van der Waals surface area contributed by atoms with Crippen LogP contribution in [0.5, 0.6) is 0 Å². The number of nitrogens with zero attached hydrogens (tertiary/aromatic N) is 1. The van der Waals surface area contributed by atoms with Gasteiger partial charge in [0.25, 0.3) is 0 Å². The predicted octanol–water partition coefficient (Wildman–Crippen LogP) is 2.78. The number of halogens is 1. The quantitative estimate of drug-likeness (QED) is 0.849. The fourth-order valence-electron chi connectivity index (χ4n) is 2.84. The van der Waals surface area contributed by atoms with Crippen LogP contribution in [0.1, 0.15) is 39.0 Å². The lowest BCUT2D eigenvalue weighted by atomic mass is 9.97. The summed E-state index contributed by atoms with van der Waals surface area (Å²) in [4.78, 5) is 14.1. The Balaban J connectivity index is 1.82. The van der Waals surface area contributed by atoms with Crippen LogP contribution in [0.25, 0.3) is 0 Å². The Morgan fingerprint density at radius 1 is 1.36 bits per heavy atom. The lowest BCUT2D eigenvalue weighted by molar-refractivity contribution is -0.120. The van der Waals surface area contributed by atoms with Crippen molar-refractivity contribution in [1.82, 2.24) is 4.90 Å². The van der Waals surface area contributed by atoms with Crippen molar-refractivity contribution in [2.24, 2.45) is 0 Å². The molecule has 4 nitrogen and oxygen atoms in total. The summed E-state index contributed by atoms with van der Waals surface area (Å²) >= 11 is 0. The smallest absolute Gasteiger partial charge is 0.241 e. The molecule has 1 atom stereocenters. The van der Waals surface area contributed by atoms with Gasteiger partial charge in [0.1, 0.15) is 5.82 Å². The molecule has 0 heterocycles. The number of likely N-dealkylation sites (N-methyl/N-ethyl adjacent to an activating group) is 1. The van der Waals surface area contributed by atoms with Gasteiger partial charge in [-0.2, -0.15) is 0 Å². The first-order valence-electron chi connectivity index (χ1n) is 7.89. The summed E-state index contributed by atoms with van der Waals surface area (Å²) < 4.78 is 12.9. The summed E-state index contributed by atoms with van der Waals surface area (Å²) in [5, 5.41) is 13.1. The number of amides is 1. The molecule has 0 spiro atoms. The summed E-state index contributed by atoms with van der Waals surface area (Å²) in [5.74, 6) is -0.458. The SMILES string of the molecule is C[C@@H](C(=O)Nc1ccc(F)cc1)N(C)CCC1(O)CCCC1. The Morgan fingerprint density at radius 2 is 1.95 bits per heavy atom. The third kappa shape index (κ3) is 4.52. The number of hydrogen-bond donors (Lipinski definition) is 2. The van der Waals surface area contributed by atoms with Crippen molar-refractivity contribution in [2.75, 3.05) is 18.9 Å². The van der Waals surface area contributed by atoms with E-state index < -0.39 is 5.60 Å². The zero-order valence-corrected chi connectivity index (χ0v) is 13.3. The Labute approximate surface area is 131 Å². The van der Waals surface area contributed by atoms with Crippen molar-refractivity contribution in [3.05, 3.63) is 30.1 Å². The van der Waals surface area contributed by atoms with E-state index in [0.29, 0.717) is 18.7 Å². The highest BCUT2D eigenvalue weighted by Crippen LogP contribution is 2.32. The molecule has 0 unspecified atom stereocenters. The fourth-order valence-corrected chi connectivity index (χ4v) is 2.84. The van der Waals surface area contributed by atoms with Gasteiger partial charge >= 0.3 is 0 Å². The third-order valence-electron chi connectivity index (χ3n) is 4.62. The molecular weight excluding hydrogens is 283 g/mol. The minimum Gasteiger partial charge on any atom is -0.390 e. The molecule has 2 rings (SSSR count). The molecule has 1 fully saturated rings. The lowest BCUT2D eigenvalue weighted by Crippen LogP contribution is -2.42. The number of hydrogen-bond acceptors (Lipinski definition) is 3. The summed E-state index contributed by atoms with van der Waals surface area (Å²) in [6.07, 6.45) is 4.58. The predicted molar refractivity (Wildman–Crippen MR) is 85.2 cm³/mol. The number of nitrogens with one attached hydrogen (secondary N) is 1. The van der Waals surface area contributed by atoms with Crippen LogP contribution >= 0.6 is 0 Å². The Kier molecular flexibility index (Phi) is 5.53. The highest BCUT2D eigenvalue weighted by Gasteiger charge is 2.31. The lowest BCUT2D eigenvalue weighted by Gasteiger charge is -2.28. The number of aliphatic hydroxyl groups is 1. The summed E-state index contributed by atoms with van der Waals surface area (Å²) in [6, 6.07) is 5.41. The molecule has 5 heteroatoms. The molecule has 1 aromatic rings. The minimum atomic E-state index is -0.554. The van der Waals surface area contributed by atoms with Crippen molar-refractivity contribution in [3.8, 4) is 0 Å². The number of carbonyl (C=O) groups excluding carboxylic acids is 1. The van der Waals surface area contributed by atoms with Crippen molar-refractivity contribution in [1.29, 1.82) is 0 Å². The standard InChI is InChI=1S/C17H25FN2O2/c1-13(16(21)19-15-7-5-14(18)6-8-15)20(2)12-11-17(22)9-3-4-10-17/h5-8,13,22H,3-4,9-12H2,1-2H3,(H,19,21)/t13-/m0/s1. The zero-order chi connectivity index (χ0) is 16.2. The van der Waals surface area contributed by atoms with Crippen LogP contribution in [0.15, 0.2) is 24.3 Å². The minimum absolute atomic E-state index is 0.132. The number of anilines is 1. The molecule has 0 bridgehead atoms. The van der Waals surface area contributed by atoms with Crippen molar-refractivity contribution < 1.29 is 14.3 Å². The Hall–Kier alpha value is -1.46. The largest absolute Gasteiger partial charge is 0.390 e. The Bertz CT molecular complexity index is 498. The van der Waals surface area contributed by atoms with E-state index in [9.17, 15) is 14.3 Å². The van der Waals surface area contributed by atoms with Crippen LogP contribution in [0.3, 0.4) is 0 Å². The molecule has 122 valence electrons. The van der Waals surface area contributed by atoms with E-state index in [2.05, 4.69) is 5.32 Å². The van der Waals surface area contributed by atoms with Crippen LogP contribution < -0.4 is 5.32 Å². The molecule has 1 aliphatic carbocycles. The molecule has 0 radical (unpaired) electrons. The maximum Gasteiger partial charge on any atom is 0.241 e. The van der Waals surface area contributed by atoms with E-state index in [4.69, 9.17) is 0 Å². The normalized spacial score (nSPS) is 18.4. The number of rotatable bonds is 6. The molecule has 22 heavy (non-hydrogen) atoms. The van der Waals surface area contributed by atoms with E-state index >= 15 is 0 Å². The number of benzene rings is 1. The van der Waals surface area contributed by atoms with E-state index in [1.807, 2.05) is 18.9 Å². The average Bonchev–Trinajstić information content (AvgIpc) is 2.93. The van der Waals surface area contributed by atoms with E-state index in [1.165, 1.54) is 12.1 Å². The Morgan fingerprint density at radius 3 is 2.55 bits per heavy atom. The van der Waals surface area contributed by atoms with Gasteiger partial charge in [-0.1, -0.05) is 12.8 Å². The summed E-state index contributed by atoms with van der Waals surface area (Å²) in [7, 11) is 1.88. The molecule has 2 N–H and O–H groups in total. The van der Waals surface area contributed by atoms with Crippen LogP contribution in [-0.2, 0) is 4.79 Å². The highest BCUT2D eigenvalue weighted by atomic mass is 19.1. The average molecular weight is 308 g/mol. The second-order valence-corrected chi connectivity index (χ2v) is 6.33. The molecule has 0 aromatic heterocycles. The fraction of sp³-hybridized carbons (Fsp3) is 0.588. The third-order valence-corrected chi connectivity index (χ3v) is 4.62. The monoisotopic (exact) mass is 308 g/mol. The molecule has 1 amide bonds. The molecular formula is C17H25FN2O2. The molecule has 0 aliphatic heterocycles. The summed E-state index contributed by atoms with van der Waals surface area (Å²) in [6.45, 7) is 2.51. The van der Waals surface area contributed by atoms with Gasteiger partial charge < -0.3 is 10.4 Å². The molecule has 1 aliphatic rings. The van der Waals surface area contributed by atoms with Crippen molar-refractivity contribution in [3.63, 3.8) is 0 Å². The molecule has 1 saturated carbocycles. The second-order valence-electron chi connectivity index (χ2n) is 6.33. The first-order chi connectivity index (χ1) is 10.4. The van der Waals surface area contributed by atoms with Crippen molar-refractivity contribution in [2.45, 2.75) is 50.7 Å². The first-order valence-corrected chi connectivity index (χ1v) is 7.89. The zero-order valence-electron chi connectivity index (χ0n) is 13.3. The maximum absolute atomic E-state index is 12.9. The van der Waals surface area contributed by atoms with Gasteiger partial charge in [-0.25, -0.2) is 4.39 Å². The maximum atomic E-state index is 12.9. The van der Waals surface area contributed by atoms with Gasteiger partial charge in [-0.15, -0.1) is 0 Å². The topological polar surface area (TPSA) is 52.6 Å². The van der Waals surface area contributed by atoms with Gasteiger partial charge in [0, 0.05) is 12.2 Å². The van der Waals surface area contributed by atoms with E-state index in [1.54, 1.807) is 12.1 Å². The van der Waals surface area contributed by atoms with Crippen LogP contribution in [0, 0.1) is 5.82 Å². The van der Waals surface area contributed by atoms with Gasteiger partial charge in [-0.05, 0) is 57.5 Å². The van der Waals surface area contributed by atoms with Gasteiger partial charge in [-0.3, -0.25) is 9.69 Å². The van der Waals surface area contributed by atoms with Crippen molar-refractivity contribution >= 4 is 11.6 Å². The summed E-state index contributed by atoms with van der Waals surface area (Å²) in [5.41, 5.74) is 0.0302.